The fourth-order valence-corrected chi connectivity index (χ4v) is 4.28. The topological polar surface area (TPSA) is 60.8 Å². The third-order valence-corrected chi connectivity index (χ3v) is 5.42. The van der Waals surface area contributed by atoms with Crippen molar-refractivity contribution in [1.82, 2.24) is 9.47 Å². The van der Waals surface area contributed by atoms with Gasteiger partial charge in [0, 0.05) is 31.3 Å². The Labute approximate surface area is 171 Å². The summed E-state index contributed by atoms with van der Waals surface area (Å²) in [6.45, 7) is 9.22. The number of aromatic nitrogens is 1. The minimum absolute atomic E-state index is 0.245. The smallest absolute Gasteiger partial charge is 0.419 e. The average Bonchev–Trinajstić information content (AvgIpc) is 2.99. The highest BCUT2D eigenvalue weighted by molar-refractivity contribution is 5.98. The van der Waals surface area contributed by atoms with Crippen LogP contribution in [0.4, 0.5) is 4.79 Å². The predicted octanol–water partition coefficient (Wildman–Crippen LogP) is 4.21. The van der Waals surface area contributed by atoms with Gasteiger partial charge in [-0.05, 0) is 45.2 Å². The molecule has 0 aliphatic carbocycles. The van der Waals surface area contributed by atoms with Crippen LogP contribution in [-0.4, -0.2) is 46.8 Å². The van der Waals surface area contributed by atoms with Crippen LogP contribution in [0.25, 0.3) is 16.6 Å². The molecule has 29 heavy (non-hydrogen) atoms. The number of carbonyl (C=O) groups excluding carboxylic acids is 2. The van der Waals surface area contributed by atoms with Crippen LogP contribution in [0.1, 0.15) is 45.4 Å². The van der Waals surface area contributed by atoms with Crippen molar-refractivity contribution in [3.8, 4) is 0 Å². The highest BCUT2D eigenvalue weighted by atomic mass is 16.6. The van der Waals surface area contributed by atoms with E-state index in [1.54, 1.807) is 4.57 Å². The first kappa shape index (κ1) is 19.6. The van der Waals surface area contributed by atoms with Crippen molar-refractivity contribution in [2.45, 2.75) is 46.1 Å². The van der Waals surface area contributed by atoms with Crippen LogP contribution in [-0.2, 0) is 20.7 Å². The predicted molar refractivity (Wildman–Crippen MR) is 112 cm³/mol. The summed E-state index contributed by atoms with van der Waals surface area (Å²) in [7, 11) is 0. The number of rotatable bonds is 2. The van der Waals surface area contributed by atoms with Crippen molar-refractivity contribution >= 4 is 28.7 Å². The molecule has 0 radical (unpaired) electrons. The molecule has 1 atom stereocenters. The molecule has 6 heteroatoms. The fraction of sp³-hybridized carbons (Fsp3) is 0.478. The van der Waals surface area contributed by atoms with E-state index in [0.29, 0.717) is 6.61 Å². The molecule has 2 aliphatic heterocycles. The fourth-order valence-electron chi connectivity index (χ4n) is 4.28. The molecule has 2 aliphatic rings. The van der Waals surface area contributed by atoms with Crippen LogP contribution in [0.2, 0.25) is 0 Å². The maximum atomic E-state index is 13.2. The van der Waals surface area contributed by atoms with Crippen molar-refractivity contribution < 1.29 is 19.1 Å². The van der Waals surface area contributed by atoms with Crippen LogP contribution in [0.15, 0.2) is 30.3 Å². The molecule has 4 rings (SSSR count). The molecule has 0 fully saturated rings. The Morgan fingerprint density at radius 2 is 1.97 bits per heavy atom. The standard InChI is InChI=1S/C23H28N2O4/c1-15(26)28-14-16-9-10-20-21-18(11-12-24(20)13-16)17-7-5-6-8-19(17)25(21)22(27)29-23(2,3)4/h5-8,10,16H,9,11-14H2,1-4H3/t16-/m1/s1. The molecule has 6 nitrogen and oxygen atoms in total. The van der Waals surface area contributed by atoms with E-state index in [1.807, 2.05) is 39.0 Å². The van der Waals surface area contributed by atoms with E-state index < -0.39 is 5.60 Å². The van der Waals surface area contributed by atoms with Crippen molar-refractivity contribution in [3.05, 3.63) is 41.6 Å². The number of nitrogens with zero attached hydrogens (tertiary/aromatic N) is 2. The van der Waals surface area contributed by atoms with Crippen molar-refractivity contribution in [2.24, 2.45) is 5.92 Å². The Balaban J connectivity index is 1.77. The summed E-state index contributed by atoms with van der Waals surface area (Å²) >= 11 is 0. The van der Waals surface area contributed by atoms with Gasteiger partial charge >= 0.3 is 12.1 Å². The molecule has 1 aromatic carbocycles. The second kappa shape index (κ2) is 7.25. The van der Waals surface area contributed by atoms with Crippen molar-refractivity contribution in [2.75, 3.05) is 19.7 Å². The maximum Gasteiger partial charge on any atom is 0.419 e. The molecule has 0 bridgehead atoms. The number of para-hydroxylation sites is 1. The lowest BCUT2D eigenvalue weighted by atomic mass is 9.93. The van der Waals surface area contributed by atoms with Gasteiger partial charge in [0.15, 0.2) is 0 Å². The highest BCUT2D eigenvalue weighted by Gasteiger charge is 2.34. The normalized spacial score (nSPS) is 18.7. The molecule has 2 aromatic rings. The SMILES string of the molecule is CC(=O)OC[C@@H]1CC=C2c3c(c4ccccc4n3C(=O)OC(C)(C)C)CCN2C1. The van der Waals surface area contributed by atoms with E-state index in [9.17, 15) is 9.59 Å². The second-order valence-corrected chi connectivity index (χ2v) is 8.85. The van der Waals surface area contributed by atoms with Gasteiger partial charge in [-0.3, -0.25) is 4.79 Å². The van der Waals surface area contributed by atoms with E-state index in [2.05, 4.69) is 17.0 Å². The van der Waals surface area contributed by atoms with Crippen LogP contribution in [0, 0.1) is 5.92 Å². The van der Waals surface area contributed by atoms with Crippen molar-refractivity contribution in [3.63, 3.8) is 0 Å². The molecule has 0 amide bonds. The summed E-state index contributed by atoms with van der Waals surface area (Å²) in [6, 6.07) is 8.03. The number of fused-ring (bicyclic) bond motifs is 5. The van der Waals surface area contributed by atoms with Gasteiger partial charge in [0.25, 0.3) is 0 Å². The maximum absolute atomic E-state index is 13.2. The number of hydrogen-bond acceptors (Lipinski definition) is 5. The lowest BCUT2D eigenvalue weighted by Crippen LogP contribution is -2.39. The van der Waals surface area contributed by atoms with Crippen LogP contribution < -0.4 is 0 Å². The Morgan fingerprint density at radius 3 is 2.69 bits per heavy atom. The molecular formula is C23H28N2O4. The number of esters is 1. The quantitative estimate of drug-likeness (QED) is 0.712. The van der Waals surface area contributed by atoms with Crippen molar-refractivity contribution in [1.29, 1.82) is 0 Å². The largest absolute Gasteiger partial charge is 0.465 e. The Kier molecular flexibility index (Phi) is 4.89. The first-order valence-corrected chi connectivity index (χ1v) is 10.2. The Morgan fingerprint density at radius 1 is 1.21 bits per heavy atom. The lowest BCUT2D eigenvalue weighted by Gasteiger charge is -2.38. The first-order chi connectivity index (χ1) is 13.7. The van der Waals surface area contributed by atoms with E-state index >= 15 is 0 Å². The number of benzene rings is 1. The van der Waals surface area contributed by atoms with E-state index in [1.165, 1.54) is 12.5 Å². The number of ether oxygens (including phenoxy) is 2. The number of allylic oxidation sites excluding steroid dienone is 1. The van der Waals surface area contributed by atoms with Crippen LogP contribution >= 0.6 is 0 Å². The monoisotopic (exact) mass is 396 g/mol. The molecule has 154 valence electrons. The van der Waals surface area contributed by atoms with Gasteiger partial charge in [-0.25, -0.2) is 9.36 Å². The van der Waals surface area contributed by atoms with Gasteiger partial charge in [-0.1, -0.05) is 24.3 Å². The summed E-state index contributed by atoms with van der Waals surface area (Å²) in [5, 5.41) is 1.11. The molecular weight excluding hydrogens is 368 g/mol. The minimum atomic E-state index is -0.570. The average molecular weight is 396 g/mol. The van der Waals surface area contributed by atoms with Crippen LogP contribution in [0.3, 0.4) is 0 Å². The summed E-state index contributed by atoms with van der Waals surface area (Å²) in [6.07, 6.45) is 3.51. The zero-order valence-corrected chi connectivity index (χ0v) is 17.5. The van der Waals surface area contributed by atoms with Gasteiger partial charge in [0.05, 0.1) is 23.5 Å². The zero-order chi connectivity index (χ0) is 20.8. The third-order valence-electron chi connectivity index (χ3n) is 5.42. The first-order valence-electron chi connectivity index (χ1n) is 10.2. The van der Waals surface area contributed by atoms with E-state index in [4.69, 9.17) is 9.47 Å². The van der Waals surface area contributed by atoms with Gasteiger partial charge in [-0.2, -0.15) is 0 Å². The third kappa shape index (κ3) is 3.76. The Bertz CT molecular complexity index is 996. The molecule has 0 unspecified atom stereocenters. The molecule has 1 aromatic heterocycles. The summed E-state index contributed by atoms with van der Waals surface area (Å²) < 4.78 is 12.7. The summed E-state index contributed by atoms with van der Waals surface area (Å²) in [4.78, 5) is 26.6. The van der Waals surface area contributed by atoms with E-state index in [0.717, 1.165) is 48.2 Å². The molecule has 3 heterocycles. The van der Waals surface area contributed by atoms with Gasteiger partial charge in [0.2, 0.25) is 0 Å². The zero-order valence-electron chi connectivity index (χ0n) is 17.5. The number of hydrogen-bond donors (Lipinski definition) is 0. The minimum Gasteiger partial charge on any atom is -0.465 e. The van der Waals surface area contributed by atoms with E-state index in [-0.39, 0.29) is 18.0 Å². The summed E-state index contributed by atoms with van der Waals surface area (Å²) in [5.41, 5.74) is 3.54. The van der Waals surface area contributed by atoms with Gasteiger partial charge in [-0.15, -0.1) is 0 Å². The van der Waals surface area contributed by atoms with Gasteiger partial charge in [0.1, 0.15) is 5.60 Å². The molecule has 0 N–H and O–H groups in total. The lowest BCUT2D eigenvalue weighted by molar-refractivity contribution is -0.142. The molecule has 0 saturated heterocycles. The second-order valence-electron chi connectivity index (χ2n) is 8.85. The Hall–Kier alpha value is -2.76. The molecule has 0 saturated carbocycles. The summed E-state index contributed by atoms with van der Waals surface area (Å²) in [5.74, 6) is 0.0225. The van der Waals surface area contributed by atoms with Crippen LogP contribution in [0.5, 0.6) is 0 Å². The van der Waals surface area contributed by atoms with Gasteiger partial charge < -0.3 is 14.4 Å². The molecule has 0 spiro atoms. The number of carbonyl (C=O) groups is 2. The highest BCUT2D eigenvalue weighted by Crippen LogP contribution is 2.39.